The molecule has 5 nitrogen and oxygen atoms in total. The lowest BCUT2D eigenvalue weighted by atomic mass is 9.91. The highest BCUT2D eigenvalue weighted by Gasteiger charge is 2.34. The van der Waals surface area contributed by atoms with E-state index in [1.165, 1.54) is 16.9 Å². The van der Waals surface area contributed by atoms with Crippen molar-refractivity contribution in [1.29, 1.82) is 0 Å². The molecule has 30 heavy (non-hydrogen) atoms. The number of rotatable bonds is 3. The average molecular weight is 486 g/mol. The van der Waals surface area contributed by atoms with Crippen molar-refractivity contribution < 1.29 is 9.59 Å². The number of fused-ring (bicyclic) bond motifs is 3. The molecule has 3 heterocycles. The molecule has 0 bridgehead atoms. The van der Waals surface area contributed by atoms with Crippen molar-refractivity contribution in [3.8, 4) is 0 Å². The summed E-state index contributed by atoms with van der Waals surface area (Å²) >= 11 is 5.20. The van der Waals surface area contributed by atoms with Crippen LogP contribution < -0.4 is 4.90 Å². The molecular weight excluding hydrogens is 462 g/mol. The summed E-state index contributed by atoms with van der Waals surface area (Å²) in [6, 6.07) is 8.12. The SMILES string of the molecule is O=C(CN1C(=O)CN=C(c2ccc(Br)cc2)c2c1sc1c2CCCC1)N1CCCC1. The fourth-order valence-corrected chi connectivity index (χ4v) is 6.29. The molecule has 0 spiro atoms. The van der Waals surface area contributed by atoms with Gasteiger partial charge in [-0.15, -0.1) is 11.3 Å². The maximum atomic E-state index is 13.1. The third-order valence-corrected chi connectivity index (χ3v) is 8.02. The van der Waals surface area contributed by atoms with E-state index < -0.39 is 0 Å². The van der Waals surface area contributed by atoms with Crippen LogP contribution in [0.1, 0.15) is 47.3 Å². The van der Waals surface area contributed by atoms with E-state index in [2.05, 4.69) is 28.1 Å². The van der Waals surface area contributed by atoms with Gasteiger partial charge in [0, 0.05) is 33.6 Å². The summed E-state index contributed by atoms with van der Waals surface area (Å²) in [5, 5.41) is 0.915. The van der Waals surface area contributed by atoms with Crippen LogP contribution in [0.2, 0.25) is 0 Å². The lowest BCUT2D eigenvalue weighted by Crippen LogP contribution is -2.42. The molecule has 1 fully saturated rings. The molecule has 0 saturated carbocycles. The van der Waals surface area contributed by atoms with Crippen LogP contribution in [0.15, 0.2) is 33.7 Å². The van der Waals surface area contributed by atoms with Gasteiger partial charge in [-0.1, -0.05) is 28.1 Å². The summed E-state index contributed by atoms with van der Waals surface area (Å²) in [6.45, 7) is 1.80. The summed E-state index contributed by atoms with van der Waals surface area (Å²) in [6.07, 6.45) is 6.49. The molecule has 0 N–H and O–H groups in total. The topological polar surface area (TPSA) is 53.0 Å². The molecule has 2 aromatic rings. The number of hydrogen-bond acceptors (Lipinski definition) is 4. The van der Waals surface area contributed by atoms with Gasteiger partial charge in [0.2, 0.25) is 11.8 Å². The van der Waals surface area contributed by atoms with Gasteiger partial charge in [0.15, 0.2) is 0 Å². The minimum atomic E-state index is -0.0884. The summed E-state index contributed by atoms with van der Waals surface area (Å²) in [5.41, 5.74) is 4.32. The minimum Gasteiger partial charge on any atom is -0.341 e. The van der Waals surface area contributed by atoms with Crippen LogP contribution in [0.5, 0.6) is 0 Å². The molecule has 1 aromatic heterocycles. The van der Waals surface area contributed by atoms with Crippen LogP contribution in [0.25, 0.3) is 0 Å². The van der Waals surface area contributed by atoms with Gasteiger partial charge in [-0.25, -0.2) is 0 Å². The molecule has 5 rings (SSSR count). The average Bonchev–Trinajstić information content (AvgIpc) is 3.39. The van der Waals surface area contributed by atoms with Crippen molar-refractivity contribution in [2.45, 2.75) is 38.5 Å². The quantitative estimate of drug-likeness (QED) is 0.653. The van der Waals surface area contributed by atoms with Crippen LogP contribution in [-0.2, 0) is 22.4 Å². The summed E-state index contributed by atoms with van der Waals surface area (Å²) < 4.78 is 1.02. The van der Waals surface area contributed by atoms with Crippen molar-refractivity contribution in [1.82, 2.24) is 4.90 Å². The number of thiophene rings is 1. The number of anilines is 1. The van der Waals surface area contributed by atoms with Crippen molar-refractivity contribution >= 4 is 49.8 Å². The lowest BCUT2D eigenvalue weighted by molar-refractivity contribution is -0.130. The summed E-state index contributed by atoms with van der Waals surface area (Å²) in [4.78, 5) is 35.8. The predicted octanol–water partition coefficient (Wildman–Crippen LogP) is 4.20. The van der Waals surface area contributed by atoms with Gasteiger partial charge in [-0.2, -0.15) is 0 Å². The van der Waals surface area contributed by atoms with E-state index in [1.807, 2.05) is 17.0 Å². The van der Waals surface area contributed by atoms with Gasteiger partial charge >= 0.3 is 0 Å². The maximum absolute atomic E-state index is 13.1. The molecule has 1 saturated heterocycles. The first kappa shape index (κ1) is 19.9. The number of carbonyl (C=O) groups excluding carboxylic acids is 2. The lowest BCUT2D eigenvalue weighted by Gasteiger charge is -2.23. The van der Waals surface area contributed by atoms with Crippen molar-refractivity contribution in [3.05, 3.63) is 50.3 Å². The fraction of sp³-hybridized carbons (Fsp3) is 0.435. The van der Waals surface area contributed by atoms with Crippen molar-refractivity contribution in [2.75, 3.05) is 31.1 Å². The number of benzene rings is 1. The van der Waals surface area contributed by atoms with Gasteiger partial charge in [0.05, 0.1) is 5.71 Å². The molecule has 2 aliphatic heterocycles. The predicted molar refractivity (Wildman–Crippen MR) is 124 cm³/mol. The maximum Gasteiger partial charge on any atom is 0.249 e. The molecule has 156 valence electrons. The first-order valence-electron chi connectivity index (χ1n) is 10.7. The zero-order valence-electron chi connectivity index (χ0n) is 16.8. The van der Waals surface area contributed by atoms with E-state index in [4.69, 9.17) is 4.99 Å². The number of carbonyl (C=O) groups is 2. The largest absolute Gasteiger partial charge is 0.341 e. The highest BCUT2D eigenvalue weighted by Crippen LogP contribution is 2.42. The second kappa shape index (κ2) is 8.27. The standard InChI is InChI=1S/C23H24BrN3O2S/c24-16-9-7-15(8-10-16)22-21-17-5-1-2-6-18(17)30-23(21)27(19(28)13-25-22)14-20(29)26-11-3-4-12-26/h7-10H,1-6,11-14H2. The number of halogens is 1. The number of likely N-dealkylation sites (tertiary alicyclic amines) is 1. The Hall–Kier alpha value is -1.99. The van der Waals surface area contributed by atoms with Gasteiger partial charge in [0.25, 0.3) is 0 Å². The normalized spacial score (nSPS) is 18.7. The molecular formula is C23H24BrN3O2S. The second-order valence-corrected chi connectivity index (χ2v) is 10.1. The Morgan fingerprint density at radius 2 is 1.80 bits per heavy atom. The molecule has 1 aromatic carbocycles. The highest BCUT2D eigenvalue weighted by molar-refractivity contribution is 9.10. The van der Waals surface area contributed by atoms with Crippen LogP contribution in [0, 0.1) is 0 Å². The summed E-state index contributed by atoms with van der Waals surface area (Å²) in [5.74, 6) is -0.0419. The van der Waals surface area contributed by atoms with Crippen LogP contribution in [-0.4, -0.2) is 48.6 Å². The Balaban J connectivity index is 1.59. The van der Waals surface area contributed by atoms with Crippen molar-refractivity contribution in [3.63, 3.8) is 0 Å². The zero-order valence-corrected chi connectivity index (χ0v) is 19.2. The number of hydrogen-bond donors (Lipinski definition) is 0. The molecule has 2 amide bonds. The van der Waals surface area contributed by atoms with Crippen LogP contribution in [0.4, 0.5) is 5.00 Å². The van der Waals surface area contributed by atoms with Gasteiger partial charge in [-0.3, -0.25) is 19.5 Å². The summed E-state index contributed by atoms with van der Waals surface area (Å²) in [7, 11) is 0. The Labute approximate surface area is 188 Å². The van der Waals surface area contributed by atoms with E-state index in [0.717, 1.165) is 71.5 Å². The number of amides is 2. The number of nitrogens with zero attached hydrogens (tertiary/aromatic N) is 3. The fourth-order valence-electron chi connectivity index (χ4n) is 4.62. The molecule has 0 radical (unpaired) electrons. The smallest absolute Gasteiger partial charge is 0.249 e. The van der Waals surface area contributed by atoms with Gasteiger partial charge in [-0.05, 0) is 56.2 Å². The Morgan fingerprint density at radius 1 is 1.07 bits per heavy atom. The Kier molecular flexibility index (Phi) is 5.50. The number of aryl methyl sites for hydroxylation is 1. The van der Waals surface area contributed by atoms with E-state index in [9.17, 15) is 9.59 Å². The highest BCUT2D eigenvalue weighted by atomic mass is 79.9. The van der Waals surface area contributed by atoms with Gasteiger partial charge in [0.1, 0.15) is 18.1 Å². The van der Waals surface area contributed by atoms with Crippen LogP contribution in [0.3, 0.4) is 0 Å². The first-order chi connectivity index (χ1) is 14.6. The zero-order chi connectivity index (χ0) is 20.7. The van der Waals surface area contributed by atoms with E-state index >= 15 is 0 Å². The molecule has 0 unspecified atom stereocenters. The molecule has 7 heteroatoms. The van der Waals surface area contributed by atoms with Crippen molar-refractivity contribution in [2.24, 2.45) is 4.99 Å². The molecule has 1 aliphatic carbocycles. The minimum absolute atomic E-state index is 0.0465. The third-order valence-electron chi connectivity index (χ3n) is 6.18. The Bertz CT molecular complexity index is 1020. The first-order valence-corrected chi connectivity index (χ1v) is 12.3. The molecule has 3 aliphatic rings. The number of aliphatic imine (C=N–C) groups is 1. The van der Waals surface area contributed by atoms with E-state index in [0.29, 0.717) is 0 Å². The third kappa shape index (κ3) is 3.62. The second-order valence-electron chi connectivity index (χ2n) is 8.13. The van der Waals surface area contributed by atoms with Gasteiger partial charge < -0.3 is 4.90 Å². The molecule has 0 atom stereocenters. The van der Waals surface area contributed by atoms with Crippen LogP contribution >= 0.6 is 27.3 Å². The Morgan fingerprint density at radius 3 is 2.57 bits per heavy atom. The van der Waals surface area contributed by atoms with E-state index in [-0.39, 0.29) is 24.9 Å². The van der Waals surface area contributed by atoms with E-state index in [1.54, 1.807) is 16.2 Å². The monoisotopic (exact) mass is 485 g/mol.